The van der Waals surface area contributed by atoms with Gasteiger partial charge in [-0.3, -0.25) is 0 Å². The van der Waals surface area contributed by atoms with Gasteiger partial charge in [0, 0.05) is 5.56 Å². The highest BCUT2D eigenvalue weighted by Crippen LogP contribution is 2.34. The van der Waals surface area contributed by atoms with Crippen molar-refractivity contribution in [1.82, 2.24) is 0 Å². The number of hydrogen-bond acceptors (Lipinski definition) is 2. The monoisotopic (exact) mass is 314 g/mol. The van der Waals surface area contributed by atoms with Crippen LogP contribution in [-0.2, 0) is 11.3 Å². The van der Waals surface area contributed by atoms with Crippen LogP contribution in [0.25, 0.3) is 0 Å². The molecule has 0 fully saturated rings. The summed E-state index contributed by atoms with van der Waals surface area (Å²) in [5.41, 5.74) is 0.0790. The minimum atomic E-state index is -4.82. The second kappa shape index (κ2) is 6.89. The van der Waals surface area contributed by atoms with E-state index in [9.17, 15) is 22.7 Å². The third-order valence-electron chi connectivity index (χ3n) is 3.11. The lowest BCUT2D eigenvalue weighted by Crippen LogP contribution is -2.37. The molecule has 1 N–H and O–H groups in total. The average molecular weight is 314 g/mol. The van der Waals surface area contributed by atoms with Crippen molar-refractivity contribution < 1.29 is 27.4 Å². The van der Waals surface area contributed by atoms with Crippen LogP contribution < -0.4 is 0 Å². The highest BCUT2D eigenvalue weighted by Gasteiger charge is 2.46. The maximum Gasteiger partial charge on any atom is 0.417 e. The van der Waals surface area contributed by atoms with E-state index in [2.05, 4.69) is 0 Å². The van der Waals surface area contributed by atoms with Gasteiger partial charge in [0.2, 0.25) is 0 Å². The summed E-state index contributed by atoms with van der Waals surface area (Å²) < 4.78 is 57.6. The minimum absolute atomic E-state index is 0.337. The van der Waals surface area contributed by atoms with E-state index in [1.54, 1.807) is 30.3 Å². The summed E-state index contributed by atoms with van der Waals surface area (Å²) in [6, 6.07) is 13.0. The Hall–Kier alpha value is -1.92. The third-order valence-corrected chi connectivity index (χ3v) is 3.11. The first kappa shape index (κ1) is 16.5. The van der Waals surface area contributed by atoms with Crippen LogP contribution in [0.15, 0.2) is 54.6 Å². The zero-order valence-electron chi connectivity index (χ0n) is 11.4. The Bertz CT molecular complexity index is 599. The van der Waals surface area contributed by atoms with Gasteiger partial charge in [-0.05, 0) is 11.6 Å². The molecule has 0 radical (unpaired) electrons. The van der Waals surface area contributed by atoms with Gasteiger partial charge in [-0.1, -0.05) is 48.5 Å². The largest absolute Gasteiger partial charge is 0.417 e. The number of rotatable bonds is 5. The Kier molecular flexibility index (Phi) is 5.15. The SMILES string of the molecule is O[C@H](c1ccccc1F)[C@H](OCc1ccccc1)C(F)(F)F. The topological polar surface area (TPSA) is 29.5 Å². The standard InChI is InChI=1S/C16H14F4O2/c17-13-9-5-4-8-12(13)14(21)15(16(18,19)20)22-10-11-6-2-1-3-7-11/h1-9,14-15,21H,10H2/t14-,15+/m1/s1. The molecule has 2 aromatic rings. The normalized spacial score (nSPS) is 14.6. The maximum atomic E-state index is 13.6. The second-order valence-electron chi connectivity index (χ2n) is 4.73. The highest BCUT2D eigenvalue weighted by atomic mass is 19.4. The van der Waals surface area contributed by atoms with Gasteiger partial charge in [-0.2, -0.15) is 13.2 Å². The molecule has 0 aliphatic rings. The predicted molar refractivity (Wildman–Crippen MR) is 72.4 cm³/mol. The van der Waals surface area contributed by atoms with Gasteiger partial charge in [0.15, 0.2) is 6.10 Å². The van der Waals surface area contributed by atoms with Gasteiger partial charge >= 0.3 is 6.18 Å². The molecular formula is C16H14F4O2. The first-order valence-corrected chi connectivity index (χ1v) is 6.54. The first-order valence-electron chi connectivity index (χ1n) is 6.54. The smallest absolute Gasteiger partial charge is 0.385 e. The van der Waals surface area contributed by atoms with E-state index in [1.165, 1.54) is 12.1 Å². The van der Waals surface area contributed by atoms with E-state index >= 15 is 0 Å². The molecule has 0 unspecified atom stereocenters. The minimum Gasteiger partial charge on any atom is -0.385 e. The lowest BCUT2D eigenvalue weighted by atomic mass is 10.0. The number of alkyl halides is 3. The van der Waals surface area contributed by atoms with Crippen molar-refractivity contribution in [3.63, 3.8) is 0 Å². The zero-order valence-corrected chi connectivity index (χ0v) is 11.4. The van der Waals surface area contributed by atoms with Crippen molar-refractivity contribution in [3.8, 4) is 0 Å². The maximum absolute atomic E-state index is 13.6. The van der Waals surface area contributed by atoms with Crippen LogP contribution in [0.3, 0.4) is 0 Å². The van der Waals surface area contributed by atoms with Gasteiger partial charge in [0.25, 0.3) is 0 Å². The summed E-state index contributed by atoms with van der Waals surface area (Å²) in [6.45, 7) is -0.337. The molecule has 0 aliphatic carbocycles. The fourth-order valence-electron chi connectivity index (χ4n) is 2.00. The Labute approximate surface area is 125 Å². The Morgan fingerprint density at radius 3 is 2.14 bits per heavy atom. The van der Waals surface area contributed by atoms with Crippen LogP contribution in [0.1, 0.15) is 17.2 Å². The van der Waals surface area contributed by atoms with Crippen LogP contribution in [0, 0.1) is 5.82 Å². The van der Waals surface area contributed by atoms with E-state index < -0.39 is 29.8 Å². The highest BCUT2D eigenvalue weighted by molar-refractivity contribution is 5.21. The molecule has 0 saturated carbocycles. The molecule has 2 rings (SSSR count). The molecule has 0 amide bonds. The van der Waals surface area contributed by atoms with Crippen molar-refractivity contribution in [2.45, 2.75) is 25.0 Å². The van der Waals surface area contributed by atoms with Crippen LogP contribution in [-0.4, -0.2) is 17.4 Å². The van der Waals surface area contributed by atoms with Crippen molar-refractivity contribution in [3.05, 3.63) is 71.5 Å². The van der Waals surface area contributed by atoms with Gasteiger partial charge in [-0.15, -0.1) is 0 Å². The Balaban J connectivity index is 2.18. The number of benzene rings is 2. The molecule has 0 aromatic heterocycles. The fourth-order valence-corrected chi connectivity index (χ4v) is 2.00. The first-order chi connectivity index (χ1) is 10.4. The summed E-state index contributed by atoms with van der Waals surface area (Å²) in [5, 5.41) is 9.89. The van der Waals surface area contributed by atoms with Gasteiger partial charge in [0.1, 0.15) is 11.9 Å². The molecule has 0 saturated heterocycles. The van der Waals surface area contributed by atoms with Crippen molar-refractivity contribution >= 4 is 0 Å². The molecule has 0 bridgehead atoms. The number of ether oxygens (including phenoxy) is 1. The van der Waals surface area contributed by atoms with E-state index in [0.29, 0.717) is 5.56 Å². The van der Waals surface area contributed by atoms with Gasteiger partial charge in [-0.25, -0.2) is 4.39 Å². The van der Waals surface area contributed by atoms with Crippen LogP contribution in [0.2, 0.25) is 0 Å². The molecule has 0 heterocycles. The second-order valence-corrected chi connectivity index (χ2v) is 4.73. The van der Waals surface area contributed by atoms with Gasteiger partial charge in [0.05, 0.1) is 6.61 Å². The molecule has 6 heteroatoms. The number of halogens is 4. The summed E-state index contributed by atoms with van der Waals surface area (Å²) in [6.07, 6.45) is -9.47. The zero-order chi connectivity index (χ0) is 16.2. The third kappa shape index (κ3) is 4.05. The van der Waals surface area contributed by atoms with Crippen molar-refractivity contribution in [2.75, 3.05) is 0 Å². The van der Waals surface area contributed by atoms with Crippen LogP contribution in [0.4, 0.5) is 17.6 Å². The summed E-state index contributed by atoms with van der Waals surface area (Å²) in [5.74, 6) is -0.910. The predicted octanol–water partition coefficient (Wildman–Crippen LogP) is 4.01. The van der Waals surface area contributed by atoms with E-state index in [1.807, 2.05) is 0 Å². The van der Waals surface area contributed by atoms with E-state index in [0.717, 1.165) is 12.1 Å². The molecular weight excluding hydrogens is 300 g/mol. The quantitative estimate of drug-likeness (QED) is 0.845. The lowest BCUT2D eigenvalue weighted by Gasteiger charge is -2.26. The van der Waals surface area contributed by atoms with Crippen molar-refractivity contribution in [1.29, 1.82) is 0 Å². The number of aliphatic hydroxyl groups is 1. The number of hydrogen-bond donors (Lipinski definition) is 1. The molecule has 0 spiro atoms. The van der Waals surface area contributed by atoms with Crippen LogP contribution >= 0.6 is 0 Å². The molecule has 22 heavy (non-hydrogen) atoms. The molecule has 2 nitrogen and oxygen atoms in total. The molecule has 2 atom stereocenters. The van der Waals surface area contributed by atoms with E-state index in [-0.39, 0.29) is 6.61 Å². The Morgan fingerprint density at radius 1 is 0.955 bits per heavy atom. The Morgan fingerprint density at radius 2 is 1.55 bits per heavy atom. The molecule has 2 aromatic carbocycles. The molecule has 118 valence electrons. The number of aliphatic hydroxyl groups excluding tert-OH is 1. The molecule has 0 aliphatic heterocycles. The van der Waals surface area contributed by atoms with Crippen LogP contribution in [0.5, 0.6) is 0 Å². The van der Waals surface area contributed by atoms with E-state index in [4.69, 9.17) is 4.74 Å². The van der Waals surface area contributed by atoms with Gasteiger partial charge < -0.3 is 9.84 Å². The summed E-state index contributed by atoms with van der Waals surface area (Å²) in [7, 11) is 0. The lowest BCUT2D eigenvalue weighted by molar-refractivity contribution is -0.251. The van der Waals surface area contributed by atoms with Crippen molar-refractivity contribution in [2.24, 2.45) is 0 Å². The fraction of sp³-hybridized carbons (Fsp3) is 0.250. The summed E-state index contributed by atoms with van der Waals surface area (Å²) in [4.78, 5) is 0. The summed E-state index contributed by atoms with van der Waals surface area (Å²) >= 11 is 0. The average Bonchev–Trinajstić information content (AvgIpc) is 2.47.